The summed E-state index contributed by atoms with van der Waals surface area (Å²) in [6.07, 6.45) is 0.902. The maximum absolute atomic E-state index is 9.49. The number of rotatable bonds is 3. The van der Waals surface area contributed by atoms with Crippen molar-refractivity contribution in [1.29, 1.82) is 0 Å². The molecule has 0 amide bonds. The van der Waals surface area contributed by atoms with Gasteiger partial charge in [-0.15, -0.1) is 0 Å². The SMILES string of the molecule is Oc1ccc(CNc2ccc3c(c2)OCCCO3)cc1Br. The Bertz CT molecular complexity index is 645. The van der Waals surface area contributed by atoms with Gasteiger partial charge < -0.3 is 19.9 Å². The number of nitrogens with one attached hydrogen (secondary N) is 1. The minimum atomic E-state index is 0.245. The zero-order chi connectivity index (χ0) is 14.7. The van der Waals surface area contributed by atoms with E-state index < -0.39 is 0 Å². The molecule has 4 nitrogen and oxygen atoms in total. The van der Waals surface area contributed by atoms with Crippen molar-refractivity contribution in [3.8, 4) is 17.2 Å². The quantitative estimate of drug-likeness (QED) is 0.881. The van der Waals surface area contributed by atoms with Gasteiger partial charge in [-0.25, -0.2) is 0 Å². The van der Waals surface area contributed by atoms with Crippen molar-refractivity contribution >= 4 is 21.6 Å². The Morgan fingerprint density at radius 1 is 1.05 bits per heavy atom. The summed E-state index contributed by atoms with van der Waals surface area (Å²) >= 11 is 3.32. The molecule has 2 aromatic rings. The Morgan fingerprint density at radius 3 is 2.67 bits per heavy atom. The van der Waals surface area contributed by atoms with E-state index in [2.05, 4.69) is 21.2 Å². The molecule has 2 N–H and O–H groups in total. The third-order valence-electron chi connectivity index (χ3n) is 3.26. The summed E-state index contributed by atoms with van der Waals surface area (Å²) in [5.74, 6) is 1.82. The van der Waals surface area contributed by atoms with Crippen LogP contribution in [0.1, 0.15) is 12.0 Å². The molecule has 1 heterocycles. The molecule has 0 fully saturated rings. The second-order valence-electron chi connectivity index (χ2n) is 4.85. The van der Waals surface area contributed by atoms with Crippen LogP contribution in [0.25, 0.3) is 0 Å². The van der Waals surface area contributed by atoms with Crippen molar-refractivity contribution in [2.24, 2.45) is 0 Å². The van der Waals surface area contributed by atoms with Crippen LogP contribution in [0.2, 0.25) is 0 Å². The van der Waals surface area contributed by atoms with Gasteiger partial charge in [0.1, 0.15) is 5.75 Å². The Labute approximate surface area is 131 Å². The third kappa shape index (κ3) is 3.42. The Morgan fingerprint density at radius 2 is 1.86 bits per heavy atom. The lowest BCUT2D eigenvalue weighted by atomic mass is 10.2. The summed E-state index contributed by atoms with van der Waals surface area (Å²) in [6.45, 7) is 2.04. The smallest absolute Gasteiger partial charge is 0.163 e. The van der Waals surface area contributed by atoms with Crippen molar-refractivity contribution < 1.29 is 14.6 Å². The largest absolute Gasteiger partial charge is 0.507 e. The topological polar surface area (TPSA) is 50.7 Å². The highest BCUT2D eigenvalue weighted by Crippen LogP contribution is 2.32. The Hall–Kier alpha value is -1.88. The van der Waals surface area contributed by atoms with E-state index in [1.807, 2.05) is 30.3 Å². The van der Waals surface area contributed by atoms with E-state index in [-0.39, 0.29) is 5.75 Å². The predicted molar refractivity (Wildman–Crippen MR) is 85.2 cm³/mol. The van der Waals surface area contributed by atoms with Gasteiger partial charge in [0.25, 0.3) is 0 Å². The number of phenolic OH excluding ortho intramolecular Hbond substituents is 1. The van der Waals surface area contributed by atoms with Crippen molar-refractivity contribution in [1.82, 2.24) is 0 Å². The minimum Gasteiger partial charge on any atom is -0.507 e. The number of fused-ring (bicyclic) bond motifs is 1. The highest BCUT2D eigenvalue weighted by Gasteiger charge is 2.10. The maximum atomic E-state index is 9.49. The zero-order valence-corrected chi connectivity index (χ0v) is 13.0. The molecule has 0 aromatic heterocycles. The van der Waals surface area contributed by atoms with Crippen molar-refractivity contribution in [3.63, 3.8) is 0 Å². The summed E-state index contributed by atoms with van der Waals surface area (Å²) in [5, 5.41) is 12.8. The van der Waals surface area contributed by atoms with Crippen LogP contribution in [0.15, 0.2) is 40.9 Å². The molecule has 0 bridgehead atoms. The molecule has 0 saturated carbocycles. The van der Waals surface area contributed by atoms with Gasteiger partial charge in [0.15, 0.2) is 11.5 Å². The molecule has 3 rings (SSSR count). The van der Waals surface area contributed by atoms with Crippen LogP contribution in [0.5, 0.6) is 17.2 Å². The van der Waals surface area contributed by atoms with E-state index in [1.165, 1.54) is 0 Å². The molecule has 0 spiro atoms. The molecular formula is C16H16BrNO3. The van der Waals surface area contributed by atoms with Gasteiger partial charge in [-0.05, 0) is 45.8 Å². The first kappa shape index (κ1) is 14.1. The van der Waals surface area contributed by atoms with Crippen LogP contribution in [0.4, 0.5) is 5.69 Å². The van der Waals surface area contributed by atoms with Crippen molar-refractivity contribution in [2.75, 3.05) is 18.5 Å². The van der Waals surface area contributed by atoms with Gasteiger partial charge in [-0.3, -0.25) is 0 Å². The van der Waals surface area contributed by atoms with E-state index in [0.717, 1.165) is 29.2 Å². The number of aromatic hydroxyl groups is 1. The number of hydrogen-bond acceptors (Lipinski definition) is 4. The average Bonchev–Trinajstić information content (AvgIpc) is 2.73. The second kappa shape index (κ2) is 6.26. The van der Waals surface area contributed by atoms with Crippen LogP contribution in [0.3, 0.4) is 0 Å². The molecule has 5 heteroatoms. The Balaban J connectivity index is 1.70. The predicted octanol–water partition coefficient (Wildman–Crippen LogP) is 3.93. The van der Waals surface area contributed by atoms with Gasteiger partial charge >= 0.3 is 0 Å². The lowest BCUT2D eigenvalue weighted by Gasteiger charge is -2.11. The first-order chi connectivity index (χ1) is 10.2. The summed E-state index contributed by atoms with van der Waals surface area (Å²) in [5.41, 5.74) is 2.05. The van der Waals surface area contributed by atoms with E-state index in [9.17, 15) is 5.11 Å². The third-order valence-corrected chi connectivity index (χ3v) is 3.89. The molecule has 21 heavy (non-hydrogen) atoms. The second-order valence-corrected chi connectivity index (χ2v) is 5.71. The maximum Gasteiger partial charge on any atom is 0.163 e. The number of hydrogen-bond donors (Lipinski definition) is 2. The van der Waals surface area contributed by atoms with Gasteiger partial charge in [0, 0.05) is 24.7 Å². The fourth-order valence-electron chi connectivity index (χ4n) is 2.14. The van der Waals surface area contributed by atoms with E-state index in [4.69, 9.17) is 9.47 Å². The number of anilines is 1. The van der Waals surface area contributed by atoms with Gasteiger partial charge in [0.2, 0.25) is 0 Å². The molecule has 0 aliphatic carbocycles. The van der Waals surface area contributed by atoms with Gasteiger partial charge in [-0.1, -0.05) is 6.07 Å². The van der Waals surface area contributed by atoms with E-state index >= 15 is 0 Å². The van der Waals surface area contributed by atoms with E-state index in [1.54, 1.807) is 6.07 Å². The summed E-state index contributed by atoms with van der Waals surface area (Å²) in [6, 6.07) is 11.3. The molecule has 0 unspecified atom stereocenters. The standard InChI is InChI=1S/C16H16BrNO3/c17-13-8-11(2-4-14(13)19)10-18-12-3-5-15-16(9-12)21-7-1-6-20-15/h2-5,8-9,18-19H,1,6-7,10H2. The molecule has 110 valence electrons. The minimum absolute atomic E-state index is 0.245. The summed E-state index contributed by atoms with van der Waals surface area (Å²) in [7, 11) is 0. The molecule has 0 saturated heterocycles. The monoisotopic (exact) mass is 349 g/mol. The normalized spacial score (nSPS) is 13.6. The molecule has 1 aliphatic heterocycles. The lowest BCUT2D eigenvalue weighted by molar-refractivity contribution is 0.297. The fourth-order valence-corrected chi connectivity index (χ4v) is 2.56. The van der Waals surface area contributed by atoms with Gasteiger partial charge in [0.05, 0.1) is 17.7 Å². The lowest BCUT2D eigenvalue weighted by Crippen LogP contribution is -2.00. The Kier molecular flexibility index (Phi) is 4.20. The first-order valence-electron chi connectivity index (χ1n) is 6.83. The average molecular weight is 350 g/mol. The van der Waals surface area contributed by atoms with Crippen LogP contribution in [-0.4, -0.2) is 18.3 Å². The molecular weight excluding hydrogens is 334 g/mol. The van der Waals surface area contributed by atoms with Crippen molar-refractivity contribution in [3.05, 3.63) is 46.4 Å². The zero-order valence-electron chi connectivity index (χ0n) is 11.4. The number of ether oxygens (including phenoxy) is 2. The summed E-state index contributed by atoms with van der Waals surface area (Å²) in [4.78, 5) is 0. The molecule has 0 radical (unpaired) electrons. The van der Waals surface area contributed by atoms with Gasteiger partial charge in [-0.2, -0.15) is 0 Å². The first-order valence-corrected chi connectivity index (χ1v) is 7.62. The van der Waals surface area contributed by atoms with Crippen LogP contribution in [-0.2, 0) is 6.54 Å². The molecule has 1 aliphatic rings. The summed E-state index contributed by atoms with van der Waals surface area (Å²) < 4.78 is 12.0. The van der Waals surface area contributed by atoms with E-state index in [0.29, 0.717) is 24.2 Å². The van der Waals surface area contributed by atoms with Crippen molar-refractivity contribution in [2.45, 2.75) is 13.0 Å². The number of halogens is 1. The number of phenols is 1. The molecule has 2 aromatic carbocycles. The molecule has 0 atom stereocenters. The van der Waals surface area contributed by atoms with Crippen LogP contribution >= 0.6 is 15.9 Å². The highest BCUT2D eigenvalue weighted by atomic mass is 79.9. The highest BCUT2D eigenvalue weighted by molar-refractivity contribution is 9.10. The number of benzene rings is 2. The van der Waals surface area contributed by atoms with Crippen LogP contribution < -0.4 is 14.8 Å². The van der Waals surface area contributed by atoms with Crippen LogP contribution in [0, 0.1) is 0 Å². The fraction of sp³-hybridized carbons (Fsp3) is 0.250.